The summed E-state index contributed by atoms with van der Waals surface area (Å²) in [6, 6.07) is 8.20. The van der Waals surface area contributed by atoms with Gasteiger partial charge in [0.2, 0.25) is 0 Å². The van der Waals surface area contributed by atoms with E-state index in [1.165, 1.54) is 24.8 Å². The fraction of sp³-hybridized carbons (Fsp3) is 0.455. The largest absolute Gasteiger partial charge is 0.395 e. The molecule has 1 heterocycles. The molecule has 0 atom stereocenters. The summed E-state index contributed by atoms with van der Waals surface area (Å²) in [5.41, 5.74) is 3.40. The van der Waals surface area contributed by atoms with Gasteiger partial charge in [0.25, 0.3) is 0 Å². The smallest absolute Gasteiger partial charge is 0.0606 e. The Hall–Kier alpha value is -2.04. The molecular weight excluding hydrogens is 324 g/mol. The van der Waals surface area contributed by atoms with Crippen LogP contribution in [0.5, 0.6) is 0 Å². The van der Waals surface area contributed by atoms with Crippen molar-refractivity contribution in [1.82, 2.24) is 4.90 Å². The molecule has 1 aliphatic rings. The second-order valence-electron chi connectivity index (χ2n) is 6.58. The first kappa shape index (κ1) is 20.3. The number of allylic oxidation sites excluding steroid dienone is 3. The maximum absolute atomic E-state index is 9.14. The molecule has 0 amide bonds. The van der Waals surface area contributed by atoms with Crippen molar-refractivity contribution < 1.29 is 10.2 Å². The molecule has 4 nitrogen and oxygen atoms in total. The third-order valence-electron chi connectivity index (χ3n) is 4.55. The summed E-state index contributed by atoms with van der Waals surface area (Å²) in [6.07, 6.45) is 14.7. The first-order valence-corrected chi connectivity index (χ1v) is 9.64. The highest BCUT2D eigenvalue weighted by Gasteiger charge is 2.05. The number of benzene rings is 1. The maximum atomic E-state index is 9.14. The van der Waals surface area contributed by atoms with Gasteiger partial charge in [0.05, 0.1) is 13.2 Å². The van der Waals surface area contributed by atoms with Crippen LogP contribution in [0.4, 0.5) is 5.69 Å². The first-order valence-electron chi connectivity index (χ1n) is 9.64. The zero-order valence-electron chi connectivity index (χ0n) is 15.8. The second kappa shape index (κ2) is 11.6. The van der Waals surface area contributed by atoms with Crippen LogP contribution >= 0.6 is 0 Å². The highest BCUT2D eigenvalue weighted by Crippen LogP contribution is 2.17. The Morgan fingerprint density at radius 2 is 1.77 bits per heavy atom. The Labute approximate surface area is 157 Å². The van der Waals surface area contributed by atoms with Crippen LogP contribution in [0.2, 0.25) is 0 Å². The molecule has 0 unspecified atom stereocenters. The van der Waals surface area contributed by atoms with Crippen molar-refractivity contribution in [3.63, 3.8) is 0 Å². The molecule has 2 rings (SSSR count). The fourth-order valence-corrected chi connectivity index (χ4v) is 3.00. The third kappa shape index (κ3) is 6.70. The van der Waals surface area contributed by atoms with Crippen LogP contribution in [0.25, 0.3) is 6.08 Å². The van der Waals surface area contributed by atoms with Crippen molar-refractivity contribution >= 4 is 11.8 Å². The van der Waals surface area contributed by atoms with Gasteiger partial charge in [-0.15, -0.1) is 0 Å². The standard InChI is InChI=1S/C22H32N2O2/c1-2-3-4-13-23-14-11-21(12-15-23)6-5-20-7-9-22(10-8-20)24(16-18-25)17-19-26/h5-12,14,25-26H,2-4,13,15-19H2,1H3/b6-5+. The summed E-state index contributed by atoms with van der Waals surface area (Å²) in [5.74, 6) is 0. The lowest BCUT2D eigenvalue weighted by atomic mass is 10.1. The number of aliphatic hydroxyl groups is 2. The van der Waals surface area contributed by atoms with E-state index in [9.17, 15) is 0 Å². The zero-order chi connectivity index (χ0) is 18.6. The summed E-state index contributed by atoms with van der Waals surface area (Å²) in [4.78, 5) is 4.34. The molecule has 1 aromatic rings. The van der Waals surface area contributed by atoms with Crippen LogP contribution in [0.1, 0.15) is 31.7 Å². The topological polar surface area (TPSA) is 46.9 Å². The summed E-state index contributed by atoms with van der Waals surface area (Å²) < 4.78 is 0. The number of hydrogen-bond donors (Lipinski definition) is 2. The second-order valence-corrected chi connectivity index (χ2v) is 6.58. The van der Waals surface area contributed by atoms with Crippen LogP contribution in [0.15, 0.2) is 54.3 Å². The lowest BCUT2D eigenvalue weighted by Crippen LogP contribution is -2.29. The summed E-state index contributed by atoms with van der Waals surface area (Å²) >= 11 is 0. The van der Waals surface area contributed by atoms with Gasteiger partial charge in [0.1, 0.15) is 0 Å². The first-order chi connectivity index (χ1) is 12.8. The number of rotatable bonds is 11. The van der Waals surface area contributed by atoms with Crippen molar-refractivity contribution in [2.45, 2.75) is 26.2 Å². The van der Waals surface area contributed by atoms with Gasteiger partial charge in [0.15, 0.2) is 0 Å². The van der Waals surface area contributed by atoms with Crippen molar-refractivity contribution in [3.05, 3.63) is 59.8 Å². The summed E-state index contributed by atoms with van der Waals surface area (Å²) in [5, 5.41) is 18.3. The van der Waals surface area contributed by atoms with E-state index in [2.05, 4.69) is 54.5 Å². The molecule has 2 N–H and O–H groups in total. The minimum Gasteiger partial charge on any atom is -0.395 e. The molecule has 0 aliphatic carbocycles. The van der Waals surface area contributed by atoms with E-state index in [-0.39, 0.29) is 13.2 Å². The molecule has 0 saturated carbocycles. The third-order valence-corrected chi connectivity index (χ3v) is 4.55. The van der Waals surface area contributed by atoms with Crippen molar-refractivity contribution in [3.8, 4) is 0 Å². The Kier molecular flexibility index (Phi) is 9.01. The van der Waals surface area contributed by atoms with Crippen molar-refractivity contribution in [2.24, 2.45) is 0 Å². The summed E-state index contributed by atoms with van der Waals surface area (Å²) in [6.45, 7) is 5.57. The van der Waals surface area contributed by atoms with Gasteiger partial charge in [-0.2, -0.15) is 0 Å². The molecule has 1 aliphatic heterocycles. The molecule has 0 spiro atoms. The number of aliphatic hydroxyl groups excluding tert-OH is 2. The SMILES string of the molecule is CCCCCN1C=CC(/C=C/c2ccc(N(CCO)CCO)cc2)=CC1. The average molecular weight is 357 g/mol. The molecule has 0 aromatic heterocycles. The highest BCUT2D eigenvalue weighted by atomic mass is 16.3. The molecule has 0 radical (unpaired) electrons. The summed E-state index contributed by atoms with van der Waals surface area (Å²) in [7, 11) is 0. The zero-order valence-corrected chi connectivity index (χ0v) is 15.8. The van der Waals surface area contributed by atoms with Crippen molar-refractivity contribution in [2.75, 3.05) is 44.3 Å². The quantitative estimate of drug-likeness (QED) is 0.596. The van der Waals surface area contributed by atoms with Gasteiger partial charge in [-0.25, -0.2) is 0 Å². The lowest BCUT2D eigenvalue weighted by molar-refractivity contribution is 0.281. The number of unbranched alkanes of at least 4 members (excludes halogenated alkanes) is 2. The predicted molar refractivity (Wildman–Crippen MR) is 110 cm³/mol. The van der Waals surface area contributed by atoms with Gasteiger partial charge in [0, 0.05) is 31.9 Å². The Balaban J connectivity index is 1.88. The van der Waals surface area contributed by atoms with Crippen molar-refractivity contribution in [1.29, 1.82) is 0 Å². The predicted octanol–water partition coefficient (Wildman–Crippen LogP) is 3.44. The molecule has 26 heavy (non-hydrogen) atoms. The van der Waals surface area contributed by atoms with E-state index < -0.39 is 0 Å². The van der Waals surface area contributed by atoms with E-state index in [0.29, 0.717) is 13.1 Å². The number of nitrogens with zero attached hydrogens (tertiary/aromatic N) is 2. The molecule has 1 aromatic carbocycles. The number of anilines is 1. The van der Waals surface area contributed by atoms with Gasteiger partial charge >= 0.3 is 0 Å². The van der Waals surface area contributed by atoms with Crippen LogP contribution in [-0.4, -0.2) is 54.5 Å². The maximum Gasteiger partial charge on any atom is 0.0606 e. The molecule has 0 fully saturated rings. The van der Waals surface area contributed by atoms with E-state index in [0.717, 1.165) is 24.3 Å². The van der Waals surface area contributed by atoms with Crippen LogP contribution in [0, 0.1) is 0 Å². The van der Waals surface area contributed by atoms with E-state index in [1.54, 1.807) is 0 Å². The molecule has 4 heteroatoms. The molecular formula is C22H32N2O2. The van der Waals surface area contributed by atoms with E-state index in [1.807, 2.05) is 17.0 Å². The van der Waals surface area contributed by atoms with Gasteiger partial charge in [-0.3, -0.25) is 0 Å². The fourth-order valence-electron chi connectivity index (χ4n) is 3.00. The van der Waals surface area contributed by atoms with Gasteiger partial charge < -0.3 is 20.0 Å². The Morgan fingerprint density at radius 3 is 2.35 bits per heavy atom. The Bertz CT molecular complexity index is 599. The normalized spacial score (nSPS) is 14.1. The Morgan fingerprint density at radius 1 is 1.04 bits per heavy atom. The lowest BCUT2D eigenvalue weighted by Gasteiger charge is -2.23. The van der Waals surface area contributed by atoms with Crippen LogP contribution in [-0.2, 0) is 0 Å². The van der Waals surface area contributed by atoms with E-state index >= 15 is 0 Å². The highest BCUT2D eigenvalue weighted by molar-refractivity contribution is 5.59. The molecule has 0 saturated heterocycles. The molecule has 0 bridgehead atoms. The monoisotopic (exact) mass is 356 g/mol. The van der Waals surface area contributed by atoms with Gasteiger partial charge in [-0.1, -0.05) is 50.1 Å². The van der Waals surface area contributed by atoms with Crippen LogP contribution in [0.3, 0.4) is 0 Å². The number of hydrogen-bond acceptors (Lipinski definition) is 4. The average Bonchev–Trinajstić information content (AvgIpc) is 2.68. The molecule has 142 valence electrons. The van der Waals surface area contributed by atoms with Gasteiger partial charge in [-0.05, 0) is 42.0 Å². The van der Waals surface area contributed by atoms with Crippen LogP contribution < -0.4 is 4.90 Å². The van der Waals surface area contributed by atoms with E-state index in [4.69, 9.17) is 10.2 Å². The minimum absolute atomic E-state index is 0.0810. The minimum atomic E-state index is 0.0810.